The van der Waals surface area contributed by atoms with Gasteiger partial charge in [-0.1, -0.05) is 18.2 Å². The van der Waals surface area contributed by atoms with E-state index in [1.807, 2.05) is 12.1 Å². The van der Waals surface area contributed by atoms with Gasteiger partial charge in [0.1, 0.15) is 5.76 Å². The van der Waals surface area contributed by atoms with E-state index in [2.05, 4.69) is 5.32 Å². The average Bonchev–Trinajstić information content (AvgIpc) is 2.90. The minimum Gasteiger partial charge on any atom is -0.478 e. The molecule has 1 heterocycles. The number of rotatable bonds is 5. The molecule has 2 aromatic rings. The summed E-state index contributed by atoms with van der Waals surface area (Å²) in [5.74, 6) is -0.327. The molecule has 108 valence electrons. The van der Waals surface area contributed by atoms with E-state index in [9.17, 15) is 9.59 Å². The number of carbonyl (C=O) groups excluding carboxylic acids is 1. The van der Waals surface area contributed by atoms with E-state index < -0.39 is 5.97 Å². The first-order valence-corrected chi connectivity index (χ1v) is 6.39. The normalized spacial score (nSPS) is 10.7. The Morgan fingerprint density at radius 1 is 1.29 bits per heavy atom. The number of hydrogen-bond donors (Lipinski definition) is 2. The number of amides is 1. The average molecular weight is 285 g/mol. The Morgan fingerprint density at radius 3 is 2.76 bits per heavy atom. The fourth-order valence-corrected chi connectivity index (χ4v) is 1.80. The summed E-state index contributed by atoms with van der Waals surface area (Å²) in [6.45, 7) is 2.11. The Bertz CT molecular complexity index is 685. The molecular weight excluding hydrogens is 270 g/mol. The molecular formula is C16H15NO4. The van der Waals surface area contributed by atoms with Crippen molar-refractivity contribution < 1.29 is 19.1 Å². The molecule has 5 heteroatoms. The maximum Gasteiger partial charge on any atom is 0.328 e. The zero-order valence-electron chi connectivity index (χ0n) is 11.5. The number of carbonyl (C=O) groups is 2. The van der Waals surface area contributed by atoms with Gasteiger partial charge in [-0.15, -0.1) is 0 Å². The summed E-state index contributed by atoms with van der Waals surface area (Å²) in [4.78, 5) is 22.3. The van der Waals surface area contributed by atoms with Crippen LogP contribution in [0.25, 0.3) is 6.08 Å². The van der Waals surface area contributed by atoms with E-state index >= 15 is 0 Å². The molecule has 0 aliphatic heterocycles. The first-order chi connectivity index (χ1) is 10.0. The molecule has 0 atom stereocenters. The van der Waals surface area contributed by atoms with E-state index in [1.165, 1.54) is 6.08 Å². The molecule has 2 N–H and O–H groups in total. The van der Waals surface area contributed by atoms with Crippen LogP contribution in [0.5, 0.6) is 0 Å². The third-order valence-electron chi connectivity index (χ3n) is 2.79. The van der Waals surface area contributed by atoms with Gasteiger partial charge in [-0.2, -0.15) is 0 Å². The highest BCUT2D eigenvalue weighted by atomic mass is 16.4. The molecule has 1 aromatic heterocycles. The number of nitrogens with one attached hydrogen (secondary N) is 1. The van der Waals surface area contributed by atoms with Crippen molar-refractivity contribution in [3.8, 4) is 0 Å². The highest BCUT2D eigenvalue weighted by molar-refractivity contribution is 5.91. The minimum absolute atomic E-state index is 0.273. The molecule has 2 rings (SSSR count). The number of carboxylic acid groups (broad SMARTS) is 1. The fraction of sp³-hybridized carbons (Fsp3) is 0.125. The van der Waals surface area contributed by atoms with Crippen molar-refractivity contribution in [2.24, 2.45) is 0 Å². The number of hydrogen-bond acceptors (Lipinski definition) is 3. The molecule has 1 aromatic carbocycles. The summed E-state index contributed by atoms with van der Waals surface area (Å²) in [5, 5.41) is 11.3. The number of furan rings is 1. The van der Waals surface area contributed by atoms with Crippen LogP contribution in [0.2, 0.25) is 0 Å². The topological polar surface area (TPSA) is 79.5 Å². The second-order valence-corrected chi connectivity index (χ2v) is 4.51. The smallest absolute Gasteiger partial charge is 0.328 e. The standard InChI is InChI=1S/C16H15NO4/c1-11-5-7-14(21-11)16(20)17-10-13-4-2-3-12(9-13)6-8-15(18)19/h2-9H,10H2,1H3,(H,17,20)(H,18,19). The Kier molecular flexibility index (Phi) is 4.56. The lowest BCUT2D eigenvalue weighted by Gasteiger charge is -2.04. The summed E-state index contributed by atoms with van der Waals surface area (Å²) in [5.41, 5.74) is 1.64. The molecule has 21 heavy (non-hydrogen) atoms. The van der Waals surface area contributed by atoms with Gasteiger partial charge in [0.05, 0.1) is 0 Å². The Balaban J connectivity index is 1.98. The van der Waals surface area contributed by atoms with Gasteiger partial charge in [-0.3, -0.25) is 4.79 Å². The molecule has 5 nitrogen and oxygen atoms in total. The molecule has 0 aliphatic carbocycles. The van der Waals surface area contributed by atoms with E-state index in [-0.39, 0.29) is 11.7 Å². The van der Waals surface area contributed by atoms with Gasteiger partial charge in [0, 0.05) is 12.6 Å². The third-order valence-corrected chi connectivity index (χ3v) is 2.79. The van der Waals surface area contributed by atoms with Crippen molar-refractivity contribution >= 4 is 18.0 Å². The van der Waals surface area contributed by atoms with Crippen LogP contribution >= 0.6 is 0 Å². The Morgan fingerprint density at radius 2 is 2.10 bits per heavy atom. The Labute approximate surface area is 121 Å². The van der Waals surface area contributed by atoms with Crippen molar-refractivity contribution in [3.05, 3.63) is 65.1 Å². The van der Waals surface area contributed by atoms with Crippen molar-refractivity contribution in [1.29, 1.82) is 0 Å². The van der Waals surface area contributed by atoms with E-state index in [1.54, 1.807) is 31.2 Å². The third kappa shape index (κ3) is 4.35. The van der Waals surface area contributed by atoms with Gasteiger partial charge >= 0.3 is 5.97 Å². The molecule has 0 spiro atoms. The highest BCUT2D eigenvalue weighted by Crippen LogP contribution is 2.09. The predicted octanol–water partition coefficient (Wildman–Crippen LogP) is 2.62. The van der Waals surface area contributed by atoms with E-state index in [0.29, 0.717) is 12.3 Å². The zero-order valence-corrected chi connectivity index (χ0v) is 11.5. The summed E-state index contributed by atoms with van der Waals surface area (Å²) in [6, 6.07) is 10.6. The number of aliphatic carboxylic acids is 1. The monoisotopic (exact) mass is 285 g/mol. The maximum atomic E-state index is 11.8. The van der Waals surface area contributed by atoms with Crippen LogP contribution in [-0.2, 0) is 11.3 Å². The SMILES string of the molecule is Cc1ccc(C(=O)NCc2cccc(C=CC(=O)O)c2)o1. The summed E-state index contributed by atoms with van der Waals surface area (Å²) < 4.78 is 5.23. The first kappa shape index (κ1) is 14.6. The van der Waals surface area contributed by atoms with Crippen molar-refractivity contribution in [2.75, 3.05) is 0 Å². The Hall–Kier alpha value is -2.82. The van der Waals surface area contributed by atoms with Crippen LogP contribution in [0, 0.1) is 6.92 Å². The predicted molar refractivity (Wildman–Crippen MR) is 77.7 cm³/mol. The minimum atomic E-state index is -0.998. The highest BCUT2D eigenvalue weighted by Gasteiger charge is 2.09. The summed E-state index contributed by atoms with van der Waals surface area (Å²) in [6.07, 6.45) is 2.58. The molecule has 0 fully saturated rings. The van der Waals surface area contributed by atoms with Gasteiger partial charge in [0.25, 0.3) is 5.91 Å². The lowest BCUT2D eigenvalue weighted by Crippen LogP contribution is -2.22. The molecule has 0 saturated heterocycles. The second kappa shape index (κ2) is 6.56. The molecule has 1 amide bonds. The van der Waals surface area contributed by atoms with Crippen molar-refractivity contribution in [2.45, 2.75) is 13.5 Å². The van der Waals surface area contributed by atoms with Crippen molar-refractivity contribution in [1.82, 2.24) is 5.32 Å². The molecule has 0 bridgehead atoms. The fourth-order valence-electron chi connectivity index (χ4n) is 1.80. The van der Waals surface area contributed by atoms with Gasteiger partial charge in [0.2, 0.25) is 0 Å². The number of benzene rings is 1. The lowest BCUT2D eigenvalue weighted by molar-refractivity contribution is -0.131. The lowest BCUT2D eigenvalue weighted by atomic mass is 10.1. The van der Waals surface area contributed by atoms with Gasteiger partial charge < -0.3 is 14.8 Å². The number of aryl methyl sites for hydroxylation is 1. The second-order valence-electron chi connectivity index (χ2n) is 4.51. The maximum absolute atomic E-state index is 11.8. The van der Waals surface area contributed by atoms with Crippen LogP contribution in [0.4, 0.5) is 0 Å². The molecule has 0 radical (unpaired) electrons. The van der Waals surface area contributed by atoms with Crippen LogP contribution in [0.1, 0.15) is 27.4 Å². The van der Waals surface area contributed by atoms with Crippen LogP contribution in [0.15, 0.2) is 46.9 Å². The zero-order chi connectivity index (χ0) is 15.2. The van der Waals surface area contributed by atoms with E-state index in [4.69, 9.17) is 9.52 Å². The van der Waals surface area contributed by atoms with Gasteiger partial charge in [-0.25, -0.2) is 4.79 Å². The molecule has 0 aliphatic rings. The van der Waals surface area contributed by atoms with Crippen LogP contribution in [-0.4, -0.2) is 17.0 Å². The van der Waals surface area contributed by atoms with Gasteiger partial charge in [0.15, 0.2) is 5.76 Å². The molecule has 0 unspecified atom stereocenters. The van der Waals surface area contributed by atoms with Crippen molar-refractivity contribution in [3.63, 3.8) is 0 Å². The largest absolute Gasteiger partial charge is 0.478 e. The first-order valence-electron chi connectivity index (χ1n) is 6.39. The van der Waals surface area contributed by atoms with Gasteiger partial charge in [-0.05, 0) is 42.3 Å². The summed E-state index contributed by atoms with van der Waals surface area (Å²) >= 11 is 0. The molecule has 0 saturated carbocycles. The number of carboxylic acids is 1. The summed E-state index contributed by atoms with van der Waals surface area (Å²) in [7, 11) is 0. The van der Waals surface area contributed by atoms with Crippen LogP contribution < -0.4 is 5.32 Å². The van der Waals surface area contributed by atoms with E-state index in [0.717, 1.165) is 17.2 Å². The van der Waals surface area contributed by atoms with Crippen LogP contribution in [0.3, 0.4) is 0 Å². The quantitative estimate of drug-likeness (QED) is 0.828.